The summed E-state index contributed by atoms with van der Waals surface area (Å²) in [5, 5.41) is 0. The average Bonchev–Trinajstić information content (AvgIpc) is 2.81. The van der Waals surface area contributed by atoms with E-state index >= 15 is 0 Å². The number of nitrogens with one attached hydrogen (secondary N) is 1. The molecular formula is C12H18N2O5. The van der Waals surface area contributed by atoms with E-state index in [1.807, 2.05) is 6.92 Å². The second-order valence-corrected chi connectivity index (χ2v) is 3.49. The van der Waals surface area contributed by atoms with Crippen molar-refractivity contribution in [1.82, 2.24) is 9.97 Å². The van der Waals surface area contributed by atoms with Crippen molar-refractivity contribution in [3.63, 3.8) is 0 Å². The maximum atomic E-state index is 11.7. The molecular weight excluding hydrogens is 252 g/mol. The summed E-state index contributed by atoms with van der Waals surface area (Å²) in [6.45, 7) is 6.29. The lowest BCUT2D eigenvalue weighted by Gasteiger charge is -2.01. The predicted octanol–water partition coefficient (Wildman–Crippen LogP) is 1.30. The fraction of sp³-hybridized carbons (Fsp3) is 0.583. The molecule has 0 unspecified atom stereocenters. The molecule has 1 aromatic rings. The largest absolute Gasteiger partial charge is 0.461 e. The number of nitrogens with zero attached hydrogens (tertiary/aromatic N) is 1. The first-order valence-corrected chi connectivity index (χ1v) is 6.14. The lowest BCUT2D eigenvalue weighted by atomic mass is 10.3. The molecule has 1 aromatic heterocycles. The van der Waals surface area contributed by atoms with Gasteiger partial charge in [0.2, 0.25) is 0 Å². The molecule has 0 radical (unpaired) electrons. The Bertz CT molecular complexity index is 406. The summed E-state index contributed by atoms with van der Waals surface area (Å²) >= 11 is 0. The van der Waals surface area contributed by atoms with Gasteiger partial charge in [0.1, 0.15) is 12.4 Å². The highest BCUT2D eigenvalue weighted by Gasteiger charge is 2.24. The molecule has 0 bridgehead atoms. The van der Waals surface area contributed by atoms with Crippen LogP contribution in [0.4, 0.5) is 0 Å². The molecule has 106 valence electrons. The van der Waals surface area contributed by atoms with Crippen molar-refractivity contribution >= 4 is 11.9 Å². The predicted molar refractivity (Wildman–Crippen MR) is 65.8 cm³/mol. The Labute approximate surface area is 111 Å². The zero-order chi connectivity index (χ0) is 14.3. The topological polar surface area (TPSA) is 90.5 Å². The molecule has 0 amide bonds. The Kier molecular flexibility index (Phi) is 6.01. The molecule has 0 aliphatic rings. The van der Waals surface area contributed by atoms with Crippen LogP contribution in [-0.4, -0.2) is 41.7 Å². The third-order valence-corrected chi connectivity index (χ3v) is 2.14. The van der Waals surface area contributed by atoms with E-state index in [0.717, 1.165) is 0 Å². The van der Waals surface area contributed by atoms with Gasteiger partial charge in [0.15, 0.2) is 11.4 Å². The van der Waals surface area contributed by atoms with Crippen LogP contribution in [0.25, 0.3) is 0 Å². The monoisotopic (exact) mass is 270 g/mol. The minimum atomic E-state index is -0.662. The summed E-state index contributed by atoms with van der Waals surface area (Å²) in [6, 6.07) is 0. The Morgan fingerprint density at radius 3 is 2.26 bits per heavy atom. The van der Waals surface area contributed by atoms with Gasteiger partial charge in [-0.05, 0) is 20.8 Å². The van der Waals surface area contributed by atoms with Crippen molar-refractivity contribution in [2.45, 2.75) is 27.4 Å². The SMILES string of the molecule is CCOCc1nc(C(=O)OCC)c(C(=O)OCC)[nH]1. The molecule has 1 rings (SSSR count). The van der Waals surface area contributed by atoms with Gasteiger partial charge in [0.25, 0.3) is 0 Å². The number of H-pyrrole nitrogens is 1. The Morgan fingerprint density at radius 2 is 1.68 bits per heavy atom. The molecule has 0 aromatic carbocycles. The van der Waals surface area contributed by atoms with Crippen molar-refractivity contribution in [2.75, 3.05) is 19.8 Å². The Balaban J connectivity index is 2.99. The molecule has 0 aliphatic heterocycles. The van der Waals surface area contributed by atoms with Crippen LogP contribution in [0.5, 0.6) is 0 Å². The minimum absolute atomic E-state index is 0.00463. The van der Waals surface area contributed by atoms with Crippen LogP contribution < -0.4 is 0 Å². The first-order chi connectivity index (χ1) is 9.13. The van der Waals surface area contributed by atoms with E-state index in [1.165, 1.54) is 0 Å². The zero-order valence-electron chi connectivity index (χ0n) is 11.3. The van der Waals surface area contributed by atoms with E-state index in [-0.39, 0.29) is 31.2 Å². The number of carbonyl (C=O) groups excluding carboxylic acids is 2. The number of carbonyl (C=O) groups is 2. The van der Waals surface area contributed by atoms with Crippen LogP contribution in [0, 0.1) is 0 Å². The van der Waals surface area contributed by atoms with Crippen LogP contribution in [0.1, 0.15) is 47.6 Å². The van der Waals surface area contributed by atoms with Crippen LogP contribution in [0.3, 0.4) is 0 Å². The van der Waals surface area contributed by atoms with E-state index in [2.05, 4.69) is 9.97 Å². The molecule has 0 saturated carbocycles. The second kappa shape index (κ2) is 7.52. The van der Waals surface area contributed by atoms with Gasteiger partial charge in [-0.25, -0.2) is 14.6 Å². The van der Waals surface area contributed by atoms with Gasteiger partial charge in [-0.1, -0.05) is 0 Å². The third kappa shape index (κ3) is 4.06. The van der Waals surface area contributed by atoms with Gasteiger partial charge < -0.3 is 19.2 Å². The summed E-state index contributed by atoms with van der Waals surface area (Å²) < 4.78 is 14.9. The number of hydrogen-bond donors (Lipinski definition) is 1. The molecule has 0 atom stereocenters. The number of ether oxygens (including phenoxy) is 3. The molecule has 0 aliphatic carbocycles. The summed E-state index contributed by atoms with van der Waals surface area (Å²) in [5.74, 6) is -0.918. The number of aromatic nitrogens is 2. The molecule has 0 fully saturated rings. The quantitative estimate of drug-likeness (QED) is 0.751. The molecule has 1 heterocycles. The van der Waals surface area contributed by atoms with Crippen LogP contribution in [-0.2, 0) is 20.8 Å². The fourth-order valence-corrected chi connectivity index (χ4v) is 1.39. The molecule has 7 nitrogen and oxygen atoms in total. The summed E-state index contributed by atoms with van der Waals surface area (Å²) in [4.78, 5) is 30.2. The average molecular weight is 270 g/mol. The van der Waals surface area contributed by atoms with Crippen molar-refractivity contribution in [2.24, 2.45) is 0 Å². The summed E-state index contributed by atoms with van der Waals surface area (Å²) in [7, 11) is 0. The molecule has 19 heavy (non-hydrogen) atoms. The van der Waals surface area contributed by atoms with Gasteiger partial charge in [-0.3, -0.25) is 0 Å². The summed E-state index contributed by atoms with van der Waals surface area (Å²) in [5.41, 5.74) is -0.0787. The van der Waals surface area contributed by atoms with E-state index in [0.29, 0.717) is 12.4 Å². The lowest BCUT2D eigenvalue weighted by molar-refractivity contribution is 0.0471. The van der Waals surface area contributed by atoms with E-state index < -0.39 is 11.9 Å². The standard InChI is InChI=1S/C12H18N2O5/c1-4-17-7-8-13-9(11(15)18-5-2)10(14-8)12(16)19-6-3/h4-7H2,1-3H3,(H,13,14). The summed E-state index contributed by atoms with van der Waals surface area (Å²) in [6.07, 6.45) is 0. The van der Waals surface area contributed by atoms with Crippen molar-refractivity contribution < 1.29 is 23.8 Å². The van der Waals surface area contributed by atoms with E-state index in [4.69, 9.17) is 14.2 Å². The van der Waals surface area contributed by atoms with E-state index in [1.54, 1.807) is 13.8 Å². The highest BCUT2D eigenvalue weighted by atomic mass is 16.5. The maximum Gasteiger partial charge on any atom is 0.359 e. The zero-order valence-corrected chi connectivity index (χ0v) is 11.3. The van der Waals surface area contributed by atoms with Crippen molar-refractivity contribution in [1.29, 1.82) is 0 Å². The number of hydrogen-bond acceptors (Lipinski definition) is 6. The third-order valence-electron chi connectivity index (χ3n) is 2.14. The van der Waals surface area contributed by atoms with Gasteiger partial charge >= 0.3 is 11.9 Å². The first-order valence-electron chi connectivity index (χ1n) is 6.14. The van der Waals surface area contributed by atoms with Crippen LogP contribution in [0.2, 0.25) is 0 Å². The maximum absolute atomic E-state index is 11.7. The van der Waals surface area contributed by atoms with Crippen LogP contribution in [0.15, 0.2) is 0 Å². The Morgan fingerprint density at radius 1 is 1.05 bits per heavy atom. The Hall–Kier alpha value is -1.89. The van der Waals surface area contributed by atoms with Gasteiger partial charge in [0.05, 0.1) is 13.2 Å². The van der Waals surface area contributed by atoms with Crippen molar-refractivity contribution in [3.8, 4) is 0 Å². The van der Waals surface area contributed by atoms with Gasteiger partial charge in [0, 0.05) is 6.61 Å². The van der Waals surface area contributed by atoms with E-state index in [9.17, 15) is 9.59 Å². The number of rotatable bonds is 7. The molecule has 7 heteroatoms. The number of imidazole rings is 1. The molecule has 0 saturated heterocycles. The normalized spacial score (nSPS) is 10.3. The smallest absolute Gasteiger partial charge is 0.359 e. The van der Waals surface area contributed by atoms with Gasteiger partial charge in [-0.15, -0.1) is 0 Å². The second-order valence-electron chi connectivity index (χ2n) is 3.49. The highest BCUT2D eigenvalue weighted by molar-refractivity contribution is 6.00. The fourth-order valence-electron chi connectivity index (χ4n) is 1.39. The number of aromatic amines is 1. The first kappa shape index (κ1) is 15.2. The molecule has 0 spiro atoms. The minimum Gasteiger partial charge on any atom is -0.461 e. The number of esters is 2. The van der Waals surface area contributed by atoms with Gasteiger partial charge in [-0.2, -0.15) is 0 Å². The molecule has 1 N–H and O–H groups in total. The van der Waals surface area contributed by atoms with Crippen molar-refractivity contribution in [3.05, 3.63) is 17.2 Å². The lowest BCUT2D eigenvalue weighted by Crippen LogP contribution is -2.13. The highest BCUT2D eigenvalue weighted by Crippen LogP contribution is 2.11. The van der Waals surface area contributed by atoms with Crippen LogP contribution >= 0.6 is 0 Å².